The Hall–Kier alpha value is -3.07. The fraction of sp³-hybridized carbons (Fsp3) is 0.345. The molecule has 0 bridgehead atoms. The number of rotatable bonds is 8. The maximum Gasteiger partial charge on any atom is 0.337 e. The molecule has 0 saturated heterocycles. The van der Waals surface area contributed by atoms with Crippen LogP contribution in [0.1, 0.15) is 73.0 Å². The first kappa shape index (κ1) is 23.6. The predicted molar refractivity (Wildman–Crippen MR) is 136 cm³/mol. The van der Waals surface area contributed by atoms with E-state index in [1.807, 2.05) is 37.3 Å². The van der Waals surface area contributed by atoms with Crippen molar-refractivity contribution in [3.8, 4) is 0 Å². The number of allylic oxidation sites excluding steroid dienone is 7. The van der Waals surface area contributed by atoms with E-state index in [9.17, 15) is 4.79 Å². The maximum absolute atomic E-state index is 12.3. The molecular weight excluding hydrogens is 394 g/mol. The summed E-state index contributed by atoms with van der Waals surface area (Å²) < 4.78 is 7.27. The number of carbonyl (C=O) groups is 1. The average molecular weight is 430 g/mol. The molecule has 1 fully saturated rings. The summed E-state index contributed by atoms with van der Waals surface area (Å²) in [7, 11) is 1.42. The third-order valence-electron chi connectivity index (χ3n) is 6.40. The van der Waals surface area contributed by atoms with E-state index in [2.05, 4.69) is 42.5 Å². The highest BCUT2D eigenvalue weighted by Crippen LogP contribution is 2.43. The van der Waals surface area contributed by atoms with Gasteiger partial charge in [-0.15, -0.1) is 6.58 Å². The van der Waals surface area contributed by atoms with Gasteiger partial charge < -0.3 is 9.30 Å². The quantitative estimate of drug-likeness (QED) is 0.186. The van der Waals surface area contributed by atoms with E-state index in [0.29, 0.717) is 18.0 Å². The first-order valence-electron chi connectivity index (χ1n) is 11.6. The van der Waals surface area contributed by atoms with Crippen LogP contribution in [0.5, 0.6) is 0 Å². The van der Waals surface area contributed by atoms with Gasteiger partial charge in [0.15, 0.2) is 0 Å². The van der Waals surface area contributed by atoms with E-state index in [-0.39, 0.29) is 5.97 Å². The van der Waals surface area contributed by atoms with Crippen molar-refractivity contribution in [2.24, 2.45) is 0 Å². The van der Waals surface area contributed by atoms with Crippen LogP contribution in [0.3, 0.4) is 0 Å². The van der Waals surface area contributed by atoms with Crippen molar-refractivity contribution in [2.45, 2.75) is 57.9 Å². The summed E-state index contributed by atoms with van der Waals surface area (Å²) in [5.41, 5.74) is 6.07. The minimum atomic E-state index is -0.323. The number of methoxy groups -OCH3 is 1. The lowest BCUT2D eigenvalue weighted by atomic mass is 9.86. The molecule has 32 heavy (non-hydrogen) atoms. The van der Waals surface area contributed by atoms with Crippen molar-refractivity contribution in [3.63, 3.8) is 0 Å². The Bertz CT molecular complexity index is 1070. The van der Waals surface area contributed by atoms with Gasteiger partial charge in [-0.25, -0.2) is 4.79 Å². The first-order chi connectivity index (χ1) is 15.6. The van der Waals surface area contributed by atoms with Crippen LogP contribution < -0.4 is 0 Å². The molecule has 0 spiro atoms. The fourth-order valence-electron chi connectivity index (χ4n) is 4.85. The van der Waals surface area contributed by atoms with Gasteiger partial charge in [-0.05, 0) is 49.0 Å². The zero-order chi connectivity index (χ0) is 23.1. The summed E-state index contributed by atoms with van der Waals surface area (Å²) in [6.45, 7) is 15.0. The van der Waals surface area contributed by atoms with Crippen LogP contribution in [0, 0.1) is 0 Å². The van der Waals surface area contributed by atoms with Gasteiger partial charge in [-0.3, -0.25) is 0 Å². The van der Waals surface area contributed by atoms with E-state index in [1.165, 1.54) is 56.6 Å². The maximum atomic E-state index is 12.3. The third-order valence-corrected chi connectivity index (χ3v) is 6.40. The van der Waals surface area contributed by atoms with Gasteiger partial charge in [0.25, 0.3) is 0 Å². The highest BCUT2D eigenvalue weighted by atomic mass is 16.5. The number of ether oxygens (including phenoxy) is 1. The number of esters is 1. The molecule has 1 aromatic heterocycles. The van der Waals surface area contributed by atoms with Crippen molar-refractivity contribution in [2.75, 3.05) is 7.11 Å². The van der Waals surface area contributed by atoms with Crippen LogP contribution >= 0.6 is 0 Å². The van der Waals surface area contributed by atoms with Crippen LogP contribution in [-0.4, -0.2) is 17.6 Å². The normalized spacial score (nSPS) is 15.6. The monoisotopic (exact) mass is 429 g/mol. The number of fused-ring (bicyclic) bond motifs is 1. The second kappa shape index (κ2) is 11.0. The number of benzene rings is 1. The van der Waals surface area contributed by atoms with E-state index in [0.717, 1.165) is 22.4 Å². The van der Waals surface area contributed by atoms with Gasteiger partial charge in [0.2, 0.25) is 0 Å². The molecule has 1 aliphatic rings. The molecule has 1 aromatic carbocycles. The van der Waals surface area contributed by atoms with Gasteiger partial charge in [-0.2, -0.15) is 0 Å². The van der Waals surface area contributed by atoms with Crippen molar-refractivity contribution in [1.29, 1.82) is 0 Å². The van der Waals surface area contributed by atoms with Crippen molar-refractivity contribution in [3.05, 3.63) is 90.7 Å². The first-order valence-corrected chi connectivity index (χ1v) is 11.6. The highest BCUT2D eigenvalue weighted by Gasteiger charge is 2.27. The SMILES string of the molecule is C=CCn1c(/C(=C/C=C\C)C(=C)C=C)c(C2CCCCCC2)c2ccc(C(=O)OC)cc21. The van der Waals surface area contributed by atoms with E-state index >= 15 is 0 Å². The molecular formula is C29H35NO2. The summed E-state index contributed by atoms with van der Waals surface area (Å²) >= 11 is 0. The summed E-state index contributed by atoms with van der Waals surface area (Å²) in [4.78, 5) is 12.3. The van der Waals surface area contributed by atoms with Crippen LogP contribution in [0.4, 0.5) is 0 Å². The molecule has 3 nitrogen and oxygen atoms in total. The molecule has 1 saturated carbocycles. The lowest BCUT2D eigenvalue weighted by Gasteiger charge is -2.20. The molecule has 0 amide bonds. The Kier molecular flexibility index (Phi) is 8.10. The van der Waals surface area contributed by atoms with Gasteiger partial charge >= 0.3 is 5.97 Å². The van der Waals surface area contributed by atoms with E-state index in [4.69, 9.17) is 4.74 Å². The largest absolute Gasteiger partial charge is 0.465 e. The summed E-state index contributed by atoms with van der Waals surface area (Å²) in [5.74, 6) is 0.146. The van der Waals surface area contributed by atoms with Crippen molar-refractivity contribution < 1.29 is 9.53 Å². The predicted octanol–water partition coefficient (Wildman–Crippen LogP) is 7.75. The van der Waals surface area contributed by atoms with Gasteiger partial charge in [0, 0.05) is 23.0 Å². The Morgan fingerprint density at radius 2 is 1.91 bits per heavy atom. The Balaban J connectivity index is 2.41. The molecule has 1 aliphatic carbocycles. The summed E-state index contributed by atoms with van der Waals surface area (Å²) in [6.07, 6.45) is 17.4. The lowest BCUT2D eigenvalue weighted by Crippen LogP contribution is -2.07. The summed E-state index contributed by atoms with van der Waals surface area (Å²) in [6, 6.07) is 5.93. The number of nitrogens with zero attached hydrogens (tertiary/aromatic N) is 1. The molecule has 3 rings (SSSR count). The molecule has 0 unspecified atom stereocenters. The van der Waals surface area contributed by atoms with Crippen LogP contribution in [-0.2, 0) is 11.3 Å². The molecule has 2 aromatic rings. The van der Waals surface area contributed by atoms with Crippen LogP contribution in [0.2, 0.25) is 0 Å². The number of aromatic nitrogens is 1. The molecule has 1 heterocycles. The van der Waals surface area contributed by atoms with Gasteiger partial charge in [0.05, 0.1) is 18.4 Å². The number of carbonyl (C=O) groups excluding carboxylic acids is 1. The Morgan fingerprint density at radius 1 is 1.19 bits per heavy atom. The fourth-order valence-corrected chi connectivity index (χ4v) is 4.85. The second-order valence-corrected chi connectivity index (χ2v) is 8.41. The molecule has 0 N–H and O–H groups in total. The summed E-state index contributed by atoms with van der Waals surface area (Å²) in [5, 5.41) is 1.20. The third kappa shape index (κ3) is 4.72. The Labute approximate surface area is 192 Å². The minimum absolute atomic E-state index is 0.323. The highest BCUT2D eigenvalue weighted by molar-refractivity contribution is 5.99. The molecule has 0 radical (unpaired) electrons. The molecule has 3 heteroatoms. The smallest absolute Gasteiger partial charge is 0.337 e. The Morgan fingerprint density at radius 3 is 2.50 bits per heavy atom. The topological polar surface area (TPSA) is 31.2 Å². The van der Waals surface area contributed by atoms with Crippen LogP contribution in [0.15, 0.2) is 73.9 Å². The lowest BCUT2D eigenvalue weighted by molar-refractivity contribution is 0.0601. The van der Waals surface area contributed by atoms with Gasteiger partial charge in [-0.1, -0.05) is 75.3 Å². The molecule has 0 atom stereocenters. The second-order valence-electron chi connectivity index (χ2n) is 8.41. The zero-order valence-corrected chi connectivity index (χ0v) is 19.5. The standard InChI is InChI=1S/C29H35NO2/c1-6-9-16-24(21(4)8-3)28-27(22-14-12-10-11-13-15-22)25-18-17-23(29(31)32-5)20-26(25)30(28)19-7-2/h6-9,16-18,20,22H,2-4,10-15,19H2,1,5H3/b9-6-,24-16+. The van der Waals surface area contributed by atoms with Gasteiger partial charge in [0.1, 0.15) is 0 Å². The van der Waals surface area contributed by atoms with Crippen molar-refractivity contribution >= 4 is 22.4 Å². The average Bonchev–Trinajstić information content (AvgIpc) is 2.96. The van der Waals surface area contributed by atoms with E-state index < -0.39 is 0 Å². The molecule has 0 aliphatic heterocycles. The van der Waals surface area contributed by atoms with E-state index in [1.54, 1.807) is 0 Å². The minimum Gasteiger partial charge on any atom is -0.465 e. The zero-order valence-electron chi connectivity index (χ0n) is 19.5. The van der Waals surface area contributed by atoms with Crippen LogP contribution in [0.25, 0.3) is 16.5 Å². The van der Waals surface area contributed by atoms with Crippen molar-refractivity contribution in [1.82, 2.24) is 4.57 Å². The number of hydrogen-bond acceptors (Lipinski definition) is 2. The molecule has 168 valence electrons. The number of hydrogen-bond donors (Lipinski definition) is 0.